The van der Waals surface area contributed by atoms with Crippen LogP contribution in [0.4, 0.5) is 5.69 Å². The molecule has 0 fully saturated rings. The van der Waals surface area contributed by atoms with Gasteiger partial charge in [-0.2, -0.15) is 0 Å². The fourth-order valence-electron chi connectivity index (χ4n) is 1.86. The van der Waals surface area contributed by atoms with Gasteiger partial charge in [-0.15, -0.1) is 0 Å². The second-order valence-electron chi connectivity index (χ2n) is 3.30. The summed E-state index contributed by atoms with van der Waals surface area (Å²) in [7, 11) is 0. The Kier molecular flexibility index (Phi) is 1.43. The number of carbonyl (C=O) groups excluding carboxylic acids is 1. The lowest BCUT2D eigenvalue weighted by Gasteiger charge is -2.03. The van der Waals surface area contributed by atoms with Crippen LogP contribution in [-0.4, -0.2) is 5.78 Å². The summed E-state index contributed by atoms with van der Waals surface area (Å²) in [6.07, 6.45) is 1.51. The lowest BCUT2D eigenvalue weighted by molar-refractivity contribution is 0.0994. The second kappa shape index (κ2) is 2.34. The van der Waals surface area contributed by atoms with Gasteiger partial charge in [-0.3, -0.25) is 4.79 Å². The van der Waals surface area contributed by atoms with E-state index in [-0.39, 0.29) is 5.78 Å². The summed E-state index contributed by atoms with van der Waals surface area (Å²) in [4.78, 5) is 11.4. The molecule has 0 aliphatic heterocycles. The van der Waals surface area contributed by atoms with Crippen molar-refractivity contribution in [2.45, 2.75) is 19.8 Å². The Morgan fingerprint density at radius 2 is 2.08 bits per heavy atom. The molecule has 0 spiro atoms. The van der Waals surface area contributed by atoms with Crippen LogP contribution in [0.25, 0.3) is 0 Å². The van der Waals surface area contributed by atoms with Crippen LogP contribution >= 0.6 is 0 Å². The number of hydrogen-bond acceptors (Lipinski definition) is 2. The van der Waals surface area contributed by atoms with Crippen LogP contribution in [0.2, 0.25) is 0 Å². The molecule has 0 saturated heterocycles. The standard InChI is InChI=1S/C10H11NO/c1-6-4-8(11)5-7-2-3-9(12)10(6)7/h4-5H,2-3,11H2,1H3. The Labute approximate surface area is 71.4 Å². The predicted octanol–water partition coefficient (Wildman–Crippen LogP) is 1.71. The third-order valence-electron chi connectivity index (χ3n) is 2.34. The van der Waals surface area contributed by atoms with Gasteiger partial charge in [0.15, 0.2) is 5.78 Å². The molecule has 12 heavy (non-hydrogen) atoms. The zero-order chi connectivity index (χ0) is 8.72. The molecule has 0 radical (unpaired) electrons. The van der Waals surface area contributed by atoms with Gasteiger partial charge in [0, 0.05) is 17.7 Å². The van der Waals surface area contributed by atoms with E-state index in [4.69, 9.17) is 5.73 Å². The van der Waals surface area contributed by atoms with Crippen molar-refractivity contribution in [1.82, 2.24) is 0 Å². The SMILES string of the molecule is Cc1cc(N)cc2c1C(=O)CC2. The van der Waals surface area contributed by atoms with Gasteiger partial charge in [0.1, 0.15) is 0 Å². The molecule has 0 amide bonds. The first kappa shape index (κ1) is 7.35. The first-order valence-corrected chi connectivity index (χ1v) is 4.10. The number of carbonyl (C=O) groups is 1. The molecule has 0 unspecified atom stereocenters. The second-order valence-corrected chi connectivity index (χ2v) is 3.30. The average Bonchev–Trinajstić information content (AvgIpc) is 2.31. The van der Waals surface area contributed by atoms with Crippen molar-refractivity contribution in [3.63, 3.8) is 0 Å². The number of nitrogen functional groups attached to an aromatic ring is 1. The largest absolute Gasteiger partial charge is 0.399 e. The van der Waals surface area contributed by atoms with E-state index in [1.54, 1.807) is 0 Å². The molecule has 2 heteroatoms. The maximum absolute atomic E-state index is 11.4. The smallest absolute Gasteiger partial charge is 0.163 e. The van der Waals surface area contributed by atoms with Gasteiger partial charge < -0.3 is 5.73 Å². The molecule has 1 aromatic rings. The number of rotatable bonds is 0. The Bertz CT molecular complexity index is 355. The fraction of sp³-hybridized carbons (Fsp3) is 0.300. The molecule has 62 valence electrons. The van der Waals surface area contributed by atoms with E-state index in [2.05, 4.69) is 0 Å². The van der Waals surface area contributed by atoms with E-state index >= 15 is 0 Å². The Morgan fingerprint density at radius 1 is 1.33 bits per heavy atom. The topological polar surface area (TPSA) is 43.1 Å². The van der Waals surface area contributed by atoms with Crippen LogP contribution in [0, 0.1) is 6.92 Å². The van der Waals surface area contributed by atoms with Crippen molar-refractivity contribution in [3.05, 3.63) is 28.8 Å². The molecule has 2 N–H and O–H groups in total. The van der Waals surface area contributed by atoms with E-state index in [9.17, 15) is 4.79 Å². The maximum Gasteiger partial charge on any atom is 0.163 e. The molecule has 1 aromatic carbocycles. The van der Waals surface area contributed by atoms with Gasteiger partial charge in [0.25, 0.3) is 0 Å². The van der Waals surface area contributed by atoms with Crippen LogP contribution in [0.1, 0.15) is 27.9 Å². The van der Waals surface area contributed by atoms with E-state index in [1.165, 1.54) is 0 Å². The number of nitrogens with two attached hydrogens (primary N) is 1. The first-order chi connectivity index (χ1) is 5.68. The van der Waals surface area contributed by atoms with Crippen molar-refractivity contribution < 1.29 is 4.79 Å². The number of aryl methyl sites for hydroxylation is 2. The summed E-state index contributed by atoms with van der Waals surface area (Å²) in [6.45, 7) is 1.94. The number of ketones is 1. The van der Waals surface area contributed by atoms with Crippen molar-refractivity contribution in [3.8, 4) is 0 Å². The maximum atomic E-state index is 11.4. The number of anilines is 1. The van der Waals surface area contributed by atoms with Crippen molar-refractivity contribution in [1.29, 1.82) is 0 Å². The van der Waals surface area contributed by atoms with E-state index < -0.39 is 0 Å². The number of hydrogen-bond donors (Lipinski definition) is 1. The fourth-order valence-corrected chi connectivity index (χ4v) is 1.86. The highest BCUT2D eigenvalue weighted by molar-refractivity contribution is 6.02. The van der Waals surface area contributed by atoms with Gasteiger partial charge in [-0.1, -0.05) is 0 Å². The summed E-state index contributed by atoms with van der Waals surface area (Å²) < 4.78 is 0. The zero-order valence-electron chi connectivity index (χ0n) is 7.05. The quantitative estimate of drug-likeness (QED) is 0.588. The summed E-state index contributed by atoms with van der Waals surface area (Å²) in [5.74, 6) is 0.266. The van der Waals surface area contributed by atoms with Crippen LogP contribution in [0.5, 0.6) is 0 Å². The van der Waals surface area contributed by atoms with Crippen molar-refractivity contribution in [2.75, 3.05) is 5.73 Å². The van der Waals surface area contributed by atoms with E-state index in [0.29, 0.717) is 6.42 Å². The van der Waals surface area contributed by atoms with Crippen LogP contribution in [0.15, 0.2) is 12.1 Å². The normalized spacial score (nSPS) is 14.9. The summed E-state index contributed by atoms with van der Waals surface area (Å²) in [6, 6.07) is 3.77. The monoisotopic (exact) mass is 161 g/mol. The molecule has 0 saturated carbocycles. The number of benzene rings is 1. The Morgan fingerprint density at radius 3 is 2.83 bits per heavy atom. The van der Waals surface area contributed by atoms with Gasteiger partial charge in [0.05, 0.1) is 0 Å². The minimum atomic E-state index is 0.266. The average molecular weight is 161 g/mol. The van der Waals surface area contributed by atoms with Crippen molar-refractivity contribution in [2.24, 2.45) is 0 Å². The molecule has 0 heterocycles. The highest BCUT2D eigenvalue weighted by Gasteiger charge is 2.21. The zero-order valence-corrected chi connectivity index (χ0v) is 7.05. The van der Waals surface area contributed by atoms with Crippen LogP contribution in [-0.2, 0) is 6.42 Å². The molecular formula is C10H11NO. The van der Waals surface area contributed by atoms with E-state index in [0.717, 1.165) is 28.8 Å². The summed E-state index contributed by atoms with van der Waals surface area (Å²) in [5, 5.41) is 0. The van der Waals surface area contributed by atoms with Gasteiger partial charge in [-0.25, -0.2) is 0 Å². The molecule has 1 aliphatic rings. The lowest BCUT2D eigenvalue weighted by Crippen LogP contribution is -1.97. The molecule has 0 bridgehead atoms. The highest BCUT2D eigenvalue weighted by atomic mass is 16.1. The number of Topliss-reactive ketones (excluding diaryl/α,β-unsaturated/α-hetero) is 1. The molecule has 2 nitrogen and oxygen atoms in total. The van der Waals surface area contributed by atoms with Crippen molar-refractivity contribution >= 4 is 11.5 Å². The molecule has 0 atom stereocenters. The molecular weight excluding hydrogens is 150 g/mol. The molecule has 0 aromatic heterocycles. The minimum Gasteiger partial charge on any atom is -0.399 e. The number of fused-ring (bicyclic) bond motifs is 1. The third-order valence-corrected chi connectivity index (χ3v) is 2.34. The van der Waals surface area contributed by atoms with Gasteiger partial charge >= 0.3 is 0 Å². The Balaban J connectivity index is 2.68. The third kappa shape index (κ3) is 0.916. The molecule has 2 rings (SSSR count). The van der Waals surface area contributed by atoms with E-state index in [1.807, 2.05) is 19.1 Å². The van der Waals surface area contributed by atoms with Gasteiger partial charge in [0.2, 0.25) is 0 Å². The highest BCUT2D eigenvalue weighted by Crippen LogP contribution is 2.27. The molecule has 1 aliphatic carbocycles. The predicted molar refractivity (Wildman–Crippen MR) is 48.2 cm³/mol. The van der Waals surface area contributed by atoms with Crippen LogP contribution in [0.3, 0.4) is 0 Å². The minimum absolute atomic E-state index is 0.266. The lowest BCUT2D eigenvalue weighted by atomic mass is 10.0. The summed E-state index contributed by atoms with van der Waals surface area (Å²) in [5.41, 5.74) is 9.48. The Hall–Kier alpha value is -1.31. The van der Waals surface area contributed by atoms with Gasteiger partial charge in [-0.05, 0) is 36.6 Å². The van der Waals surface area contributed by atoms with Crippen LogP contribution < -0.4 is 5.73 Å². The first-order valence-electron chi connectivity index (χ1n) is 4.10. The summed E-state index contributed by atoms with van der Waals surface area (Å²) >= 11 is 0.